The van der Waals surface area contributed by atoms with E-state index in [-0.39, 0.29) is 24.3 Å². The number of nitrogens with one attached hydrogen (secondary N) is 2. The first-order chi connectivity index (χ1) is 10.8. The van der Waals surface area contributed by atoms with Gasteiger partial charge in [-0.15, -0.1) is 0 Å². The van der Waals surface area contributed by atoms with Gasteiger partial charge in [0.25, 0.3) is 5.91 Å². The Hall–Kier alpha value is -1.59. The first-order valence-corrected chi connectivity index (χ1v) is 8.25. The number of carbonyl (C=O) groups excluding carboxylic acids is 2. The second-order valence-corrected chi connectivity index (χ2v) is 6.33. The zero-order valence-corrected chi connectivity index (χ0v) is 14.6. The van der Waals surface area contributed by atoms with Gasteiger partial charge in [0.05, 0.1) is 6.10 Å². The summed E-state index contributed by atoms with van der Waals surface area (Å²) in [6, 6.07) is 5.81. The number of halogens is 1. The zero-order valence-electron chi connectivity index (χ0n) is 13.8. The first kappa shape index (κ1) is 19.5. The molecule has 0 aliphatic rings. The molecule has 1 rings (SSSR count). The van der Waals surface area contributed by atoms with E-state index in [1.807, 2.05) is 20.8 Å². The predicted molar refractivity (Wildman–Crippen MR) is 91.5 cm³/mol. The van der Waals surface area contributed by atoms with Crippen LogP contribution in [0.5, 0.6) is 0 Å². The second-order valence-electron chi connectivity index (χ2n) is 5.89. The van der Waals surface area contributed by atoms with Crippen molar-refractivity contribution in [3.63, 3.8) is 0 Å². The van der Waals surface area contributed by atoms with Crippen LogP contribution in [-0.2, 0) is 4.79 Å². The Bertz CT molecular complexity index is 517. The minimum Gasteiger partial charge on any atom is -0.391 e. The van der Waals surface area contributed by atoms with Crippen LogP contribution in [-0.4, -0.2) is 35.6 Å². The maximum Gasteiger partial charge on any atom is 0.251 e. The van der Waals surface area contributed by atoms with E-state index in [9.17, 15) is 14.7 Å². The molecular weight excluding hydrogens is 316 g/mol. The summed E-state index contributed by atoms with van der Waals surface area (Å²) in [6.07, 6.45) is 0.908. The molecule has 0 saturated heterocycles. The molecule has 5 nitrogen and oxygen atoms in total. The van der Waals surface area contributed by atoms with Crippen LogP contribution in [0.3, 0.4) is 0 Å². The van der Waals surface area contributed by atoms with E-state index in [2.05, 4.69) is 10.6 Å². The zero-order chi connectivity index (χ0) is 17.4. The van der Waals surface area contributed by atoms with Crippen LogP contribution in [0.1, 0.15) is 44.0 Å². The fraction of sp³-hybridized carbons (Fsp3) is 0.529. The molecule has 0 bridgehead atoms. The van der Waals surface area contributed by atoms with Crippen LogP contribution in [0.2, 0.25) is 5.02 Å². The largest absolute Gasteiger partial charge is 0.391 e. The quantitative estimate of drug-likeness (QED) is 0.679. The molecule has 6 heteroatoms. The third kappa shape index (κ3) is 6.59. The maximum absolute atomic E-state index is 12.3. The summed E-state index contributed by atoms with van der Waals surface area (Å²) in [5.74, 6) is -0.698. The van der Waals surface area contributed by atoms with E-state index in [0.29, 0.717) is 17.0 Å². The van der Waals surface area contributed by atoms with Crippen molar-refractivity contribution < 1.29 is 14.7 Å². The van der Waals surface area contributed by atoms with Crippen molar-refractivity contribution in [1.82, 2.24) is 10.6 Å². The summed E-state index contributed by atoms with van der Waals surface area (Å²) >= 11 is 5.80. The number of benzene rings is 1. The Morgan fingerprint density at radius 1 is 1.22 bits per heavy atom. The van der Waals surface area contributed by atoms with Gasteiger partial charge in [0, 0.05) is 17.1 Å². The molecule has 23 heavy (non-hydrogen) atoms. The van der Waals surface area contributed by atoms with Gasteiger partial charge in [0.15, 0.2) is 0 Å². The summed E-state index contributed by atoms with van der Waals surface area (Å²) in [5, 5.41) is 15.7. The van der Waals surface area contributed by atoms with E-state index in [4.69, 9.17) is 11.6 Å². The van der Waals surface area contributed by atoms with Crippen molar-refractivity contribution in [2.24, 2.45) is 5.92 Å². The summed E-state index contributed by atoms with van der Waals surface area (Å²) in [6.45, 7) is 5.87. The molecule has 2 atom stereocenters. The normalized spacial score (nSPS) is 13.5. The lowest BCUT2D eigenvalue weighted by Gasteiger charge is -2.22. The third-order valence-electron chi connectivity index (χ3n) is 3.48. The Labute approximate surface area is 142 Å². The van der Waals surface area contributed by atoms with E-state index in [0.717, 1.165) is 6.42 Å². The number of hydrogen-bond donors (Lipinski definition) is 3. The van der Waals surface area contributed by atoms with Gasteiger partial charge in [-0.2, -0.15) is 0 Å². The van der Waals surface area contributed by atoms with Gasteiger partial charge < -0.3 is 15.7 Å². The Morgan fingerprint density at radius 3 is 2.35 bits per heavy atom. The highest BCUT2D eigenvalue weighted by atomic mass is 35.5. The molecule has 2 unspecified atom stereocenters. The lowest BCUT2D eigenvalue weighted by Crippen LogP contribution is -2.51. The van der Waals surface area contributed by atoms with Crippen LogP contribution in [0.15, 0.2) is 24.3 Å². The van der Waals surface area contributed by atoms with Crippen molar-refractivity contribution in [1.29, 1.82) is 0 Å². The number of amides is 2. The number of aliphatic hydroxyl groups excluding tert-OH is 1. The predicted octanol–water partition coefficient (Wildman–Crippen LogP) is 2.37. The molecule has 1 aromatic rings. The molecule has 128 valence electrons. The Balaban J connectivity index is 2.65. The van der Waals surface area contributed by atoms with Gasteiger partial charge in [-0.3, -0.25) is 9.59 Å². The van der Waals surface area contributed by atoms with Crippen molar-refractivity contribution in [3.05, 3.63) is 34.9 Å². The monoisotopic (exact) mass is 340 g/mol. The molecule has 0 aliphatic carbocycles. The smallest absolute Gasteiger partial charge is 0.251 e. The minimum atomic E-state index is -0.660. The van der Waals surface area contributed by atoms with Crippen molar-refractivity contribution >= 4 is 23.4 Å². The van der Waals surface area contributed by atoms with Gasteiger partial charge >= 0.3 is 0 Å². The van der Waals surface area contributed by atoms with Crippen LogP contribution >= 0.6 is 11.6 Å². The Morgan fingerprint density at radius 2 is 1.83 bits per heavy atom. The van der Waals surface area contributed by atoms with Gasteiger partial charge in [-0.25, -0.2) is 0 Å². The maximum atomic E-state index is 12.3. The molecule has 0 radical (unpaired) electrons. The van der Waals surface area contributed by atoms with Crippen LogP contribution < -0.4 is 10.6 Å². The second kappa shape index (κ2) is 9.53. The molecule has 0 aromatic heterocycles. The van der Waals surface area contributed by atoms with Crippen LogP contribution in [0.4, 0.5) is 0 Å². The molecule has 0 aliphatic heterocycles. The third-order valence-corrected chi connectivity index (χ3v) is 3.73. The lowest BCUT2D eigenvalue weighted by molar-refractivity contribution is -0.124. The fourth-order valence-electron chi connectivity index (χ4n) is 2.12. The fourth-order valence-corrected chi connectivity index (χ4v) is 2.25. The summed E-state index contributed by atoms with van der Waals surface area (Å²) in [7, 11) is 0. The van der Waals surface area contributed by atoms with Gasteiger partial charge in [-0.1, -0.05) is 38.8 Å². The van der Waals surface area contributed by atoms with Crippen molar-refractivity contribution in [2.45, 2.75) is 45.8 Å². The summed E-state index contributed by atoms with van der Waals surface area (Å²) in [4.78, 5) is 24.5. The standard InChI is InChI=1S/C17H25ClN2O3/c1-4-5-14(21)10-19-17(23)15(11(2)3)20-16(22)12-6-8-13(18)9-7-12/h6-9,11,14-15,21H,4-5,10H2,1-3H3,(H,19,23)(H,20,22). The van der Waals surface area contributed by atoms with Gasteiger partial charge in [0.2, 0.25) is 5.91 Å². The minimum absolute atomic E-state index is 0.0745. The van der Waals surface area contributed by atoms with E-state index < -0.39 is 12.1 Å². The van der Waals surface area contributed by atoms with Gasteiger partial charge in [-0.05, 0) is 36.6 Å². The lowest BCUT2D eigenvalue weighted by atomic mass is 10.0. The summed E-state index contributed by atoms with van der Waals surface area (Å²) in [5.41, 5.74) is 0.443. The van der Waals surface area contributed by atoms with Crippen molar-refractivity contribution in [2.75, 3.05) is 6.54 Å². The van der Waals surface area contributed by atoms with E-state index in [1.165, 1.54) is 0 Å². The van der Waals surface area contributed by atoms with Crippen molar-refractivity contribution in [3.8, 4) is 0 Å². The van der Waals surface area contributed by atoms with E-state index >= 15 is 0 Å². The molecule has 2 amide bonds. The molecule has 0 spiro atoms. The molecule has 1 aromatic carbocycles. The number of rotatable bonds is 8. The SMILES string of the molecule is CCCC(O)CNC(=O)C(NC(=O)c1ccc(Cl)cc1)C(C)C. The average Bonchev–Trinajstić information content (AvgIpc) is 2.50. The first-order valence-electron chi connectivity index (χ1n) is 7.87. The molecule has 0 fully saturated rings. The summed E-state index contributed by atoms with van der Waals surface area (Å²) < 4.78 is 0. The molecule has 0 saturated carbocycles. The number of carbonyl (C=O) groups is 2. The van der Waals surface area contributed by atoms with Crippen LogP contribution in [0, 0.1) is 5.92 Å². The highest BCUT2D eigenvalue weighted by Gasteiger charge is 2.24. The molecular formula is C17H25ClN2O3. The van der Waals surface area contributed by atoms with Crippen LogP contribution in [0.25, 0.3) is 0 Å². The number of aliphatic hydroxyl groups is 1. The Kier molecular flexibility index (Phi) is 8.06. The topological polar surface area (TPSA) is 78.4 Å². The van der Waals surface area contributed by atoms with Gasteiger partial charge in [0.1, 0.15) is 6.04 Å². The average molecular weight is 341 g/mol. The highest BCUT2D eigenvalue weighted by Crippen LogP contribution is 2.10. The highest BCUT2D eigenvalue weighted by molar-refractivity contribution is 6.30. The molecule has 0 heterocycles. The number of hydrogen-bond acceptors (Lipinski definition) is 3. The van der Waals surface area contributed by atoms with E-state index in [1.54, 1.807) is 24.3 Å². The molecule has 3 N–H and O–H groups in total.